The van der Waals surface area contributed by atoms with Gasteiger partial charge in [0.15, 0.2) is 0 Å². The van der Waals surface area contributed by atoms with Crippen LogP contribution in [0.1, 0.15) is 38.7 Å². The minimum atomic E-state index is 0.179. The van der Waals surface area contributed by atoms with E-state index in [1.165, 1.54) is 11.3 Å². The van der Waals surface area contributed by atoms with E-state index in [9.17, 15) is 0 Å². The van der Waals surface area contributed by atoms with Crippen LogP contribution in [-0.2, 0) is 0 Å². The van der Waals surface area contributed by atoms with Gasteiger partial charge >= 0.3 is 0 Å². The summed E-state index contributed by atoms with van der Waals surface area (Å²) in [6, 6.07) is 6.21. The van der Waals surface area contributed by atoms with Gasteiger partial charge in [0.05, 0.1) is 7.11 Å². The second kappa shape index (κ2) is 3.44. The first-order valence-electron chi connectivity index (χ1n) is 5.48. The number of benzene rings is 1. The number of hydrogen-bond acceptors (Lipinski definition) is 2. The Hall–Kier alpha value is -1.18. The fourth-order valence-electron chi connectivity index (χ4n) is 2.62. The molecule has 0 fully saturated rings. The Morgan fingerprint density at radius 3 is 2.80 bits per heavy atom. The molecule has 0 aliphatic carbocycles. The van der Waals surface area contributed by atoms with Crippen LogP contribution in [0.25, 0.3) is 0 Å². The molecule has 0 spiro atoms. The van der Waals surface area contributed by atoms with E-state index in [1.807, 2.05) is 12.1 Å². The second-order valence-corrected chi connectivity index (χ2v) is 5.04. The van der Waals surface area contributed by atoms with Gasteiger partial charge in [0, 0.05) is 16.8 Å². The summed E-state index contributed by atoms with van der Waals surface area (Å²) < 4.78 is 5.41. The van der Waals surface area contributed by atoms with E-state index in [4.69, 9.17) is 4.74 Å². The highest BCUT2D eigenvalue weighted by Crippen LogP contribution is 2.43. The van der Waals surface area contributed by atoms with Crippen LogP contribution in [0.5, 0.6) is 5.75 Å². The lowest BCUT2D eigenvalue weighted by atomic mass is 9.81. The molecule has 0 radical (unpaired) electrons. The second-order valence-electron chi connectivity index (χ2n) is 5.04. The molecule has 1 aromatic carbocycles. The number of fused-ring (bicyclic) bond motifs is 1. The van der Waals surface area contributed by atoms with Crippen molar-refractivity contribution in [2.75, 3.05) is 12.4 Å². The van der Waals surface area contributed by atoms with Crippen molar-refractivity contribution >= 4 is 5.69 Å². The van der Waals surface area contributed by atoms with Gasteiger partial charge in [-0.2, -0.15) is 0 Å². The Morgan fingerprint density at radius 2 is 2.13 bits per heavy atom. The Labute approximate surface area is 91.6 Å². The predicted octanol–water partition coefficient (Wildman–Crippen LogP) is 3.39. The van der Waals surface area contributed by atoms with Crippen molar-refractivity contribution in [3.63, 3.8) is 0 Å². The first-order valence-corrected chi connectivity index (χ1v) is 5.48. The molecule has 82 valence electrons. The summed E-state index contributed by atoms with van der Waals surface area (Å²) in [5, 5.41) is 3.56. The molecule has 0 saturated heterocycles. The molecule has 2 nitrogen and oxygen atoms in total. The molecule has 2 rings (SSSR count). The Balaban J connectivity index is 2.49. The van der Waals surface area contributed by atoms with Crippen LogP contribution in [-0.4, -0.2) is 12.6 Å². The van der Waals surface area contributed by atoms with Crippen molar-refractivity contribution in [2.24, 2.45) is 0 Å². The molecule has 1 atom stereocenters. The molecule has 0 amide bonds. The minimum absolute atomic E-state index is 0.179. The Kier molecular flexibility index (Phi) is 2.37. The topological polar surface area (TPSA) is 21.3 Å². The van der Waals surface area contributed by atoms with E-state index >= 15 is 0 Å². The lowest BCUT2D eigenvalue weighted by Crippen LogP contribution is -2.36. The molecule has 1 N–H and O–H groups in total. The molecule has 0 bridgehead atoms. The number of anilines is 1. The standard InChI is InChI=1S/C13H19NO/c1-9-8-13(2,3)14-10-6-5-7-11(15-4)12(9)10/h5-7,9,14H,8H2,1-4H3. The van der Waals surface area contributed by atoms with E-state index in [0.29, 0.717) is 5.92 Å². The lowest BCUT2D eigenvalue weighted by molar-refractivity contribution is 0.391. The number of rotatable bonds is 1. The molecular weight excluding hydrogens is 186 g/mol. The highest BCUT2D eigenvalue weighted by molar-refractivity contribution is 5.62. The van der Waals surface area contributed by atoms with E-state index in [1.54, 1.807) is 7.11 Å². The van der Waals surface area contributed by atoms with Crippen molar-refractivity contribution in [1.82, 2.24) is 0 Å². The zero-order valence-electron chi connectivity index (χ0n) is 9.92. The van der Waals surface area contributed by atoms with Crippen LogP contribution in [0.15, 0.2) is 18.2 Å². The van der Waals surface area contributed by atoms with E-state index in [0.717, 1.165) is 12.2 Å². The molecule has 1 aliphatic heterocycles. The summed E-state index contributed by atoms with van der Waals surface area (Å²) in [5.41, 5.74) is 2.72. The van der Waals surface area contributed by atoms with Gasteiger partial charge in [-0.15, -0.1) is 0 Å². The fourth-order valence-corrected chi connectivity index (χ4v) is 2.62. The van der Waals surface area contributed by atoms with Gasteiger partial charge in [0.1, 0.15) is 5.75 Å². The molecule has 2 heteroatoms. The third kappa shape index (κ3) is 1.81. The highest BCUT2D eigenvalue weighted by Gasteiger charge is 2.30. The van der Waals surface area contributed by atoms with Gasteiger partial charge < -0.3 is 10.1 Å². The molecule has 15 heavy (non-hydrogen) atoms. The SMILES string of the molecule is COc1cccc2c1C(C)CC(C)(C)N2. The van der Waals surface area contributed by atoms with E-state index in [2.05, 4.69) is 32.2 Å². The quantitative estimate of drug-likeness (QED) is 0.758. The van der Waals surface area contributed by atoms with Gasteiger partial charge in [-0.3, -0.25) is 0 Å². The Bertz CT molecular complexity index is 371. The summed E-state index contributed by atoms with van der Waals surface area (Å²) in [7, 11) is 1.74. The molecule has 0 saturated carbocycles. The van der Waals surface area contributed by atoms with Crippen molar-refractivity contribution < 1.29 is 4.74 Å². The van der Waals surface area contributed by atoms with Crippen molar-refractivity contribution in [3.05, 3.63) is 23.8 Å². The molecular formula is C13H19NO. The van der Waals surface area contributed by atoms with Crippen LogP contribution in [0.4, 0.5) is 5.69 Å². The van der Waals surface area contributed by atoms with Crippen molar-refractivity contribution in [2.45, 2.75) is 38.6 Å². The van der Waals surface area contributed by atoms with Crippen molar-refractivity contribution in [3.8, 4) is 5.75 Å². The van der Waals surface area contributed by atoms with Crippen LogP contribution in [0.3, 0.4) is 0 Å². The predicted molar refractivity (Wildman–Crippen MR) is 63.7 cm³/mol. The zero-order valence-corrected chi connectivity index (χ0v) is 9.92. The van der Waals surface area contributed by atoms with Gasteiger partial charge in [0.25, 0.3) is 0 Å². The maximum Gasteiger partial charge on any atom is 0.124 e. The van der Waals surface area contributed by atoms with E-state index in [-0.39, 0.29) is 5.54 Å². The Morgan fingerprint density at radius 1 is 1.40 bits per heavy atom. The van der Waals surface area contributed by atoms with E-state index < -0.39 is 0 Å². The fraction of sp³-hybridized carbons (Fsp3) is 0.538. The molecule has 1 aliphatic rings. The summed E-state index contributed by atoms with van der Waals surface area (Å²) in [4.78, 5) is 0. The zero-order chi connectivity index (χ0) is 11.1. The van der Waals surface area contributed by atoms with Crippen LogP contribution >= 0.6 is 0 Å². The van der Waals surface area contributed by atoms with Crippen LogP contribution in [0.2, 0.25) is 0 Å². The first kappa shape index (κ1) is 10.3. The average molecular weight is 205 g/mol. The number of ether oxygens (including phenoxy) is 1. The summed E-state index contributed by atoms with van der Waals surface area (Å²) in [6.45, 7) is 6.75. The maximum absolute atomic E-state index is 5.41. The highest BCUT2D eigenvalue weighted by atomic mass is 16.5. The average Bonchev–Trinajstić information content (AvgIpc) is 2.14. The molecule has 0 aromatic heterocycles. The van der Waals surface area contributed by atoms with Crippen LogP contribution < -0.4 is 10.1 Å². The van der Waals surface area contributed by atoms with Gasteiger partial charge in [0.2, 0.25) is 0 Å². The summed E-state index contributed by atoms with van der Waals surface area (Å²) >= 11 is 0. The van der Waals surface area contributed by atoms with Gasteiger partial charge in [-0.05, 0) is 38.3 Å². The molecule has 1 heterocycles. The third-order valence-electron chi connectivity index (χ3n) is 3.07. The summed E-state index contributed by atoms with van der Waals surface area (Å²) in [5.74, 6) is 1.55. The maximum atomic E-state index is 5.41. The largest absolute Gasteiger partial charge is 0.496 e. The smallest absolute Gasteiger partial charge is 0.124 e. The normalized spacial score (nSPS) is 22.8. The first-order chi connectivity index (χ1) is 7.03. The number of nitrogens with one attached hydrogen (secondary N) is 1. The number of hydrogen-bond donors (Lipinski definition) is 1. The minimum Gasteiger partial charge on any atom is -0.496 e. The molecule has 1 unspecified atom stereocenters. The van der Waals surface area contributed by atoms with Gasteiger partial charge in [-0.25, -0.2) is 0 Å². The number of methoxy groups -OCH3 is 1. The third-order valence-corrected chi connectivity index (χ3v) is 3.07. The molecule has 1 aromatic rings. The lowest BCUT2D eigenvalue weighted by Gasteiger charge is -2.38. The summed E-state index contributed by atoms with van der Waals surface area (Å²) in [6.07, 6.45) is 1.14. The van der Waals surface area contributed by atoms with Crippen LogP contribution in [0, 0.1) is 0 Å². The monoisotopic (exact) mass is 205 g/mol. The van der Waals surface area contributed by atoms with Crippen molar-refractivity contribution in [1.29, 1.82) is 0 Å². The van der Waals surface area contributed by atoms with Gasteiger partial charge in [-0.1, -0.05) is 13.0 Å².